The third kappa shape index (κ3) is 3.24. The highest BCUT2D eigenvalue weighted by Crippen LogP contribution is 2.17. The summed E-state index contributed by atoms with van der Waals surface area (Å²) in [6.07, 6.45) is 1.41. The third-order valence-corrected chi connectivity index (χ3v) is 3.24. The average Bonchev–Trinajstić information content (AvgIpc) is 3.10. The number of aromatic nitrogens is 3. The van der Waals surface area contributed by atoms with Crippen LogP contribution in [-0.2, 0) is 0 Å². The van der Waals surface area contributed by atoms with Crippen molar-refractivity contribution in [1.29, 1.82) is 0 Å². The van der Waals surface area contributed by atoms with Gasteiger partial charge >= 0.3 is 0 Å². The molecule has 114 valence electrons. The van der Waals surface area contributed by atoms with Gasteiger partial charge in [0.15, 0.2) is 5.82 Å². The summed E-state index contributed by atoms with van der Waals surface area (Å²) in [4.78, 5) is 27.4. The van der Waals surface area contributed by atoms with E-state index < -0.39 is 5.91 Å². The molecular weight excluding hydrogens is 294 g/mol. The highest BCUT2D eigenvalue weighted by molar-refractivity contribution is 6.05. The minimum absolute atomic E-state index is 0.266. The summed E-state index contributed by atoms with van der Waals surface area (Å²) >= 11 is 0. The van der Waals surface area contributed by atoms with Crippen LogP contribution in [0.25, 0.3) is 11.4 Å². The minimum Gasteiger partial charge on any atom is -0.366 e. The Hall–Kier alpha value is -3.48. The number of nitrogens with zero attached hydrogens (tertiary/aromatic N) is 2. The summed E-state index contributed by atoms with van der Waals surface area (Å²) in [7, 11) is 0. The zero-order chi connectivity index (χ0) is 16.2. The van der Waals surface area contributed by atoms with Crippen molar-refractivity contribution in [3.8, 4) is 11.4 Å². The summed E-state index contributed by atoms with van der Waals surface area (Å²) in [5, 5.41) is 9.30. The number of primary amides is 1. The van der Waals surface area contributed by atoms with Crippen LogP contribution in [0.2, 0.25) is 0 Å². The van der Waals surface area contributed by atoms with Crippen LogP contribution in [0.3, 0.4) is 0 Å². The Morgan fingerprint density at radius 3 is 2.48 bits per heavy atom. The van der Waals surface area contributed by atoms with E-state index in [9.17, 15) is 9.59 Å². The fourth-order valence-corrected chi connectivity index (χ4v) is 2.07. The van der Waals surface area contributed by atoms with Gasteiger partial charge in [-0.2, -0.15) is 5.10 Å². The number of nitrogens with two attached hydrogens (primary N) is 1. The zero-order valence-electron chi connectivity index (χ0n) is 12.0. The van der Waals surface area contributed by atoms with Gasteiger partial charge in [0.25, 0.3) is 5.91 Å². The van der Waals surface area contributed by atoms with Gasteiger partial charge in [-0.15, -0.1) is 0 Å². The second-order valence-electron chi connectivity index (χ2n) is 4.81. The molecule has 4 N–H and O–H groups in total. The van der Waals surface area contributed by atoms with Gasteiger partial charge in [-0.25, -0.2) is 4.98 Å². The SMILES string of the molecule is NC(=O)c1ccc(NC(=O)c2cccc(-c3ncn[nH]3)c2)cc1. The number of carbonyl (C=O) groups is 2. The van der Waals surface area contributed by atoms with Crippen LogP contribution < -0.4 is 11.1 Å². The number of rotatable bonds is 4. The van der Waals surface area contributed by atoms with Crippen molar-refractivity contribution in [3.05, 3.63) is 66.0 Å². The van der Waals surface area contributed by atoms with E-state index >= 15 is 0 Å². The number of nitrogens with one attached hydrogen (secondary N) is 2. The van der Waals surface area contributed by atoms with Gasteiger partial charge in [-0.05, 0) is 36.4 Å². The fraction of sp³-hybridized carbons (Fsp3) is 0. The van der Waals surface area contributed by atoms with Crippen LogP contribution in [-0.4, -0.2) is 27.0 Å². The molecule has 3 aromatic rings. The summed E-state index contributed by atoms with van der Waals surface area (Å²) in [6, 6.07) is 13.4. The molecule has 2 aromatic carbocycles. The lowest BCUT2D eigenvalue weighted by atomic mass is 10.1. The standard InChI is InChI=1S/C16H13N5O2/c17-14(22)10-4-6-13(7-5-10)20-16(23)12-3-1-2-11(8-12)15-18-9-19-21-15/h1-9H,(H2,17,22)(H,20,23)(H,18,19,21). The topological polar surface area (TPSA) is 114 Å². The van der Waals surface area contributed by atoms with Crippen LogP contribution in [0.5, 0.6) is 0 Å². The molecule has 0 aliphatic carbocycles. The van der Waals surface area contributed by atoms with E-state index in [0.29, 0.717) is 22.6 Å². The molecule has 0 saturated carbocycles. The maximum absolute atomic E-state index is 12.3. The van der Waals surface area contributed by atoms with E-state index in [0.717, 1.165) is 5.56 Å². The van der Waals surface area contributed by atoms with Crippen LogP contribution in [0.15, 0.2) is 54.9 Å². The van der Waals surface area contributed by atoms with Crippen molar-refractivity contribution in [2.24, 2.45) is 5.73 Å². The Morgan fingerprint density at radius 2 is 1.83 bits per heavy atom. The van der Waals surface area contributed by atoms with Gasteiger partial charge in [-0.3, -0.25) is 14.7 Å². The number of hydrogen-bond acceptors (Lipinski definition) is 4. The minimum atomic E-state index is -0.511. The van der Waals surface area contributed by atoms with E-state index in [1.165, 1.54) is 6.33 Å². The van der Waals surface area contributed by atoms with Gasteiger partial charge in [0, 0.05) is 22.4 Å². The highest BCUT2D eigenvalue weighted by atomic mass is 16.2. The molecule has 0 aliphatic heterocycles. The Morgan fingerprint density at radius 1 is 1.04 bits per heavy atom. The number of aromatic amines is 1. The summed E-state index contributed by atoms with van der Waals surface area (Å²) < 4.78 is 0. The maximum Gasteiger partial charge on any atom is 0.255 e. The summed E-state index contributed by atoms with van der Waals surface area (Å²) in [5.74, 6) is -0.189. The normalized spacial score (nSPS) is 10.3. The predicted octanol–water partition coefficient (Wildman–Crippen LogP) is 1.82. The molecule has 7 nitrogen and oxygen atoms in total. The van der Waals surface area contributed by atoms with Gasteiger partial charge in [0.05, 0.1) is 0 Å². The van der Waals surface area contributed by atoms with Crippen molar-refractivity contribution >= 4 is 17.5 Å². The van der Waals surface area contributed by atoms with Crippen molar-refractivity contribution in [2.75, 3.05) is 5.32 Å². The predicted molar refractivity (Wildman–Crippen MR) is 84.7 cm³/mol. The first-order chi connectivity index (χ1) is 11.1. The Kier molecular flexibility index (Phi) is 3.84. The molecule has 1 aromatic heterocycles. The lowest BCUT2D eigenvalue weighted by Crippen LogP contribution is -2.13. The van der Waals surface area contributed by atoms with Crippen LogP contribution >= 0.6 is 0 Å². The highest BCUT2D eigenvalue weighted by Gasteiger charge is 2.09. The van der Waals surface area contributed by atoms with Gasteiger partial charge in [-0.1, -0.05) is 12.1 Å². The van der Waals surface area contributed by atoms with Gasteiger partial charge in [0.2, 0.25) is 5.91 Å². The van der Waals surface area contributed by atoms with Crippen molar-refractivity contribution in [3.63, 3.8) is 0 Å². The summed E-state index contributed by atoms with van der Waals surface area (Å²) in [5.41, 5.74) is 7.38. The maximum atomic E-state index is 12.3. The Balaban J connectivity index is 1.78. The molecule has 0 atom stereocenters. The molecule has 0 unspecified atom stereocenters. The number of hydrogen-bond donors (Lipinski definition) is 3. The first-order valence-electron chi connectivity index (χ1n) is 6.80. The quantitative estimate of drug-likeness (QED) is 0.682. The van der Waals surface area contributed by atoms with E-state index in [4.69, 9.17) is 5.73 Å². The lowest BCUT2D eigenvalue weighted by molar-refractivity contribution is 0.0998. The Bertz CT molecular complexity index is 841. The molecule has 7 heteroatoms. The molecule has 0 saturated heterocycles. The monoisotopic (exact) mass is 307 g/mol. The van der Waals surface area contributed by atoms with E-state index in [2.05, 4.69) is 20.5 Å². The van der Waals surface area contributed by atoms with E-state index in [1.807, 2.05) is 6.07 Å². The molecule has 3 rings (SSSR count). The Labute approximate surface area is 131 Å². The molecule has 0 bridgehead atoms. The first-order valence-corrected chi connectivity index (χ1v) is 6.80. The van der Waals surface area contributed by atoms with Gasteiger partial charge < -0.3 is 11.1 Å². The van der Waals surface area contributed by atoms with Crippen molar-refractivity contribution in [1.82, 2.24) is 15.2 Å². The summed E-state index contributed by atoms with van der Waals surface area (Å²) in [6.45, 7) is 0. The number of benzene rings is 2. The molecule has 2 amide bonds. The number of H-pyrrole nitrogens is 1. The van der Waals surface area contributed by atoms with Crippen LogP contribution in [0.4, 0.5) is 5.69 Å². The molecule has 1 heterocycles. The second kappa shape index (κ2) is 6.10. The first kappa shape index (κ1) is 14.5. The van der Waals surface area contributed by atoms with Crippen LogP contribution in [0.1, 0.15) is 20.7 Å². The second-order valence-corrected chi connectivity index (χ2v) is 4.81. The van der Waals surface area contributed by atoms with Crippen molar-refractivity contribution in [2.45, 2.75) is 0 Å². The lowest BCUT2D eigenvalue weighted by Gasteiger charge is -2.07. The average molecular weight is 307 g/mol. The van der Waals surface area contributed by atoms with Crippen LogP contribution in [0, 0.1) is 0 Å². The smallest absolute Gasteiger partial charge is 0.255 e. The molecule has 0 radical (unpaired) electrons. The fourth-order valence-electron chi connectivity index (χ4n) is 2.07. The number of amides is 2. The van der Waals surface area contributed by atoms with Gasteiger partial charge in [0.1, 0.15) is 6.33 Å². The van der Waals surface area contributed by atoms with E-state index in [1.54, 1.807) is 42.5 Å². The largest absolute Gasteiger partial charge is 0.366 e. The third-order valence-electron chi connectivity index (χ3n) is 3.24. The number of carbonyl (C=O) groups excluding carboxylic acids is 2. The molecule has 0 aliphatic rings. The number of anilines is 1. The zero-order valence-corrected chi connectivity index (χ0v) is 12.0. The molecule has 0 spiro atoms. The van der Waals surface area contributed by atoms with E-state index in [-0.39, 0.29) is 5.91 Å². The molecular formula is C16H13N5O2. The van der Waals surface area contributed by atoms with Crippen molar-refractivity contribution < 1.29 is 9.59 Å². The molecule has 0 fully saturated rings. The molecule has 23 heavy (non-hydrogen) atoms.